The molecule has 0 spiro atoms. The van der Waals surface area contributed by atoms with Gasteiger partial charge in [-0.05, 0) is 18.6 Å². The van der Waals surface area contributed by atoms with Gasteiger partial charge >= 0.3 is 0 Å². The van der Waals surface area contributed by atoms with Crippen LogP contribution in [-0.2, 0) is 4.74 Å². The molecule has 88 valence electrons. The Labute approximate surface area is 104 Å². The summed E-state index contributed by atoms with van der Waals surface area (Å²) in [7, 11) is 1.63. The van der Waals surface area contributed by atoms with Gasteiger partial charge in [0.15, 0.2) is 0 Å². The molecule has 1 atom stereocenters. The Kier molecular flexibility index (Phi) is 6.11. The van der Waals surface area contributed by atoms with Gasteiger partial charge in [0.2, 0.25) is 0 Å². The van der Waals surface area contributed by atoms with Gasteiger partial charge < -0.3 is 10.1 Å². The van der Waals surface area contributed by atoms with E-state index in [9.17, 15) is 4.79 Å². The molecule has 4 heteroatoms. The third-order valence-electron chi connectivity index (χ3n) is 2.20. The molecule has 0 aliphatic rings. The Morgan fingerprint density at radius 1 is 1.44 bits per heavy atom. The molecule has 0 saturated carbocycles. The van der Waals surface area contributed by atoms with Crippen molar-refractivity contribution in [2.45, 2.75) is 12.5 Å². The van der Waals surface area contributed by atoms with Gasteiger partial charge in [-0.3, -0.25) is 4.79 Å². The zero-order valence-electron chi connectivity index (χ0n) is 9.28. The van der Waals surface area contributed by atoms with Crippen molar-refractivity contribution in [3.8, 4) is 0 Å². The molecule has 1 rings (SSSR count). The first-order chi connectivity index (χ1) is 7.77. The minimum Gasteiger partial charge on any atom is -0.383 e. The third-order valence-corrected chi connectivity index (χ3v) is 2.65. The molecule has 0 heterocycles. The summed E-state index contributed by atoms with van der Waals surface area (Å²) in [5.41, 5.74) is 0.679. The number of carbonyl (C=O) groups excluding carboxylic acids is 1. The lowest BCUT2D eigenvalue weighted by molar-refractivity contribution is 0.0895. The van der Waals surface area contributed by atoms with Gasteiger partial charge in [-0.1, -0.05) is 34.1 Å². The quantitative estimate of drug-likeness (QED) is 0.814. The molecular weight excluding hydrogens is 270 g/mol. The fourth-order valence-electron chi connectivity index (χ4n) is 1.39. The van der Waals surface area contributed by atoms with E-state index in [0.29, 0.717) is 12.2 Å². The summed E-state index contributed by atoms with van der Waals surface area (Å²) in [6.45, 7) is 0.532. The zero-order valence-corrected chi connectivity index (χ0v) is 10.9. The summed E-state index contributed by atoms with van der Waals surface area (Å²) in [5, 5.41) is 3.78. The minimum absolute atomic E-state index is 0.0522. The van der Waals surface area contributed by atoms with Crippen molar-refractivity contribution in [2.24, 2.45) is 0 Å². The molecular formula is C12H16BrNO2. The van der Waals surface area contributed by atoms with Crippen molar-refractivity contribution < 1.29 is 9.53 Å². The molecule has 1 amide bonds. The average molecular weight is 286 g/mol. The molecule has 0 saturated heterocycles. The summed E-state index contributed by atoms with van der Waals surface area (Å²) in [5.74, 6) is -0.0522. The maximum absolute atomic E-state index is 11.8. The van der Waals surface area contributed by atoms with Crippen LogP contribution in [0.15, 0.2) is 30.3 Å². The molecule has 1 N–H and O–H groups in total. The highest BCUT2D eigenvalue weighted by atomic mass is 79.9. The number of hydrogen-bond acceptors (Lipinski definition) is 2. The number of alkyl halides is 1. The summed E-state index contributed by atoms with van der Waals surface area (Å²) in [6.07, 6.45) is 0.854. The molecule has 1 aromatic carbocycles. The Morgan fingerprint density at radius 3 is 2.69 bits per heavy atom. The standard InChI is InChI=1S/C12H16BrNO2/c1-16-9-11(7-8-13)14-12(15)10-5-3-2-4-6-10/h2-6,11H,7-9H2,1H3,(H,14,15). The predicted octanol–water partition coefficient (Wildman–Crippen LogP) is 2.22. The van der Waals surface area contributed by atoms with E-state index in [1.54, 1.807) is 19.2 Å². The lowest BCUT2D eigenvalue weighted by Gasteiger charge is -2.16. The predicted molar refractivity (Wildman–Crippen MR) is 68.0 cm³/mol. The van der Waals surface area contributed by atoms with Crippen molar-refractivity contribution in [2.75, 3.05) is 19.0 Å². The van der Waals surface area contributed by atoms with Crippen molar-refractivity contribution in [3.05, 3.63) is 35.9 Å². The van der Waals surface area contributed by atoms with E-state index in [2.05, 4.69) is 21.2 Å². The number of hydrogen-bond donors (Lipinski definition) is 1. The second-order valence-electron chi connectivity index (χ2n) is 3.47. The summed E-state index contributed by atoms with van der Waals surface area (Å²) >= 11 is 3.36. The number of rotatable bonds is 6. The molecule has 3 nitrogen and oxygen atoms in total. The van der Waals surface area contributed by atoms with E-state index in [1.807, 2.05) is 18.2 Å². The molecule has 16 heavy (non-hydrogen) atoms. The van der Waals surface area contributed by atoms with Crippen LogP contribution in [0.4, 0.5) is 0 Å². The highest BCUT2D eigenvalue weighted by Gasteiger charge is 2.12. The van der Waals surface area contributed by atoms with Gasteiger partial charge in [0, 0.05) is 18.0 Å². The van der Waals surface area contributed by atoms with Crippen molar-refractivity contribution in [3.63, 3.8) is 0 Å². The maximum atomic E-state index is 11.8. The second-order valence-corrected chi connectivity index (χ2v) is 4.26. The largest absolute Gasteiger partial charge is 0.383 e. The number of ether oxygens (including phenoxy) is 1. The molecule has 1 unspecified atom stereocenters. The first-order valence-electron chi connectivity index (χ1n) is 5.18. The van der Waals surface area contributed by atoms with Crippen LogP contribution < -0.4 is 5.32 Å². The molecule has 0 aliphatic carbocycles. The van der Waals surface area contributed by atoms with Gasteiger partial charge in [0.25, 0.3) is 5.91 Å². The van der Waals surface area contributed by atoms with Crippen LogP contribution >= 0.6 is 15.9 Å². The zero-order chi connectivity index (χ0) is 11.8. The van der Waals surface area contributed by atoms with Gasteiger partial charge in [-0.25, -0.2) is 0 Å². The van der Waals surface area contributed by atoms with Crippen LogP contribution in [0.25, 0.3) is 0 Å². The van der Waals surface area contributed by atoms with Crippen molar-refractivity contribution in [1.82, 2.24) is 5.32 Å². The lowest BCUT2D eigenvalue weighted by atomic mass is 10.2. The van der Waals surface area contributed by atoms with Crippen molar-refractivity contribution >= 4 is 21.8 Å². The smallest absolute Gasteiger partial charge is 0.251 e. The molecule has 0 radical (unpaired) electrons. The number of methoxy groups -OCH3 is 1. The Balaban J connectivity index is 2.54. The average Bonchev–Trinajstić information content (AvgIpc) is 2.31. The Hall–Kier alpha value is -0.870. The number of halogens is 1. The molecule has 1 aromatic rings. The first-order valence-corrected chi connectivity index (χ1v) is 6.31. The highest BCUT2D eigenvalue weighted by molar-refractivity contribution is 9.09. The van der Waals surface area contributed by atoms with Crippen LogP contribution in [0.2, 0.25) is 0 Å². The number of amides is 1. The topological polar surface area (TPSA) is 38.3 Å². The maximum Gasteiger partial charge on any atom is 0.251 e. The summed E-state index contributed by atoms with van der Waals surface area (Å²) in [6, 6.07) is 9.25. The monoisotopic (exact) mass is 285 g/mol. The normalized spacial score (nSPS) is 12.1. The fourth-order valence-corrected chi connectivity index (χ4v) is 1.94. The first kappa shape index (κ1) is 13.2. The van der Waals surface area contributed by atoms with E-state index in [1.165, 1.54) is 0 Å². The van der Waals surface area contributed by atoms with Gasteiger partial charge in [-0.15, -0.1) is 0 Å². The number of carbonyl (C=O) groups is 1. The molecule has 0 fully saturated rings. The fraction of sp³-hybridized carbons (Fsp3) is 0.417. The van der Waals surface area contributed by atoms with Gasteiger partial charge in [0.05, 0.1) is 12.6 Å². The SMILES string of the molecule is COCC(CCBr)NC(=O)c1ccccc1. The summed E-state index contributed by atoms with van der Waals surface area (Å²) in [4.78, 5) is 11.8. The summed E-state index contributed by atoms with van der Waals surface area (Å²) < 4.78 is 5.06. The second kappa shape index (κ2) is 7.41. The van der Waals surface area contributed by atoms with Crippen LogP contribution in [0.1, 0.15) is 16.8 Å². The van der Waals surface area contributed by atoms with E-state index < -0.39 is 0 Å². The van der Waals surface area contributed by atoms with Crippen LogP contribution in [0.5, 0.6) is 0 Å². The minimum atomic E-state index is -0.0522. The Morgan fingerprint density at radius 2 is 2.12 bits per heavy atom. The molecule has 0 aromatic heterocycles. The lowest BCUT2D eigenvalue weighted by Crippen LogP contribution is -2.38. The van der Waals surface area contributed by atoms with Gasteiger partial charge in [0.1, 0.15) is 0 Å². The molecule has 0 bridgehead atoms. The van der Waals surface area contributed by atoms with Crippen LogP contribution in [-0.4, -0.2) is 31.0 Å². The highest BCUT2D eigenvalue weighted by Crippen LogP contribution is 2.02. The van der Waals surface area contributed by atoms with Crippen LogP contribution in [0.3, 0.4) is 0 Å². The van der Waals surface area contributed by atoms with E-state index in [-0.39, 0.29) is 11.9 Å². The van der Waals surface area contributed by atoms with E-state index in [0.717, 1.165) is 11.8 Å². The van der Waals surface area contributed by atoms with Crippen molar-refractivity contribution in [1.29, 1.82) is 0 Å². The molecule has 0 aliphatic heterocycles. The van der Waals surface area contributed by atoms with E-state index in [4.69, 9.17) is 4.74 Å². The Bertz CT molecular complexity index is 310. The van der Waals surface area contributed by atoms with E-state index >= 15 is 0 Å². The number of nitrogens with one attached hydrogen (secondary N) is 1. The third kappa shape index (κ3) is 4.33. The van der Waals surface area contributed by atoms with Gasteiger partial charge in [-0.2, -0.15) is 0 Å². The number of benzene rings is 1. The van der Waals surface area contributed by atoms with Crippen LogP contribution in [0, 0.1) is 0 Å².